The summed E-state index contributed by atoms with van der Waals surface area (Å²) in [5.74, 6) is -1.04. The molecule has 8 heteroatoms. The van der Waals surface area contributed by atoms with E-state index in [-0.39, 0.29) is 43.0 Å². The van der Waals surface area contributed by atoms with Crippen molar-refractivity contribution in [2.24, 2.45) is 17.8 Å². The number of aliphatic hydroxyl groups excluding tert-OH is 3. The SMILES string of the molecule is CCC(O)C(C)C1OC1CC(C)C=CC=C(C)C1CC=CC(OC(C)=O)C(C)C(O)CC(O)CC(=O)O1. The minimum Gasteiger partial charge on any atom is -0.458 e. The van der Waals surface area contributed by atoms with Crippen molar-refractivity contribution in [2.75, 3.05) is 0 Å². The molecule has 0 radical (unpaired) electrons. The van der Waals surface area contributed by atoms with Gasteiger partial charge in [0.25, 0.3) is 0 Å². The molecule has 2 rings (SSSR count). The lowest BCUT2D eigenvalue weighted by Crippen LogP contribution is -2.35. The van der Waals surface area contributed by atoms with Gasteiger partial charge in [0.2, 0.25) is 0 Å². The lowest BCUT2D eigenvalue weighted by atomic mass is 9.92. The van der Waals surface area contributed by atoms with Crippen molar-refractivity contribution in [3.05, 3.63) is 36.0 Å². The minimum absolute atomic E-state index is 0.0241. The van der Waals surface area contributed by atoms with Gasteiger partial charge in [0.05, 0.1) is 36.9 Å². The van der Waals surface area contributed by atoms with Gasteiger partial charge in [0.15, 0.2) is 0 Å². The van der Waals surface area contributed by atoms with E-state index in [1.165, 1.54) is 6.92 Å². The molecule has 0 aromatic carbocycles. The molecule has 10 atom stereocenters. The third-order valence-electron chi connectivity index (χ3n) is 7.37. The number of cyclic esters (lactones) is 1. The van der Waals surface area contributed by atoms with Gasteiger partial charge in [-0.2, -0.15) is 0 Å². The molecule has 8 nitrogen and oxygen atoms in total. The molecule has 0 spiro atoms. The second-order valence-electron chi connectivity index (χ2n) is 10.7. The van der Waals surface area contributed by atoms with Crippen LogP contribution >= 0.6 is 0 Å². The quantitative estimate of drug-likeness (QED) is 0.181. The van der Waals surface area contributed by atoms with Gasteiger partial charge in [0, 0.05) is 31.6 Å². The Morgan fingerprint density at radius 1 is 1.27 bits per heavy atom. The van der Waals surface area contributed by atoms with Crippen LogP contribution in [-0.2, 0) is 23.8 Å². The van der Waals surface area contributed by atoms with Crippen LogP contribution in [0.25, 0.3) is 0 Å². The molecule has 2 aliphatic heterocycles. The summed E-state index contributed by atoms with van der Waals surface area (Å²) in [5.41, 5.74) is 0.838. The summed E-state index contributed by atoms with van der Waals surface area (Å²) in [7, 11) is 0. The first-order valence-electron chi connectivity index (χ1n) is 13.5. The van der Waals surface area contributed by atoms with Crippen molar-refractivity contribution in [2.45, 2.75) is 116 Å². The van der Waals surface area contributed by atoms with E-state index in [9.17, 15) is 24.9 Å². The Balaban J connectivity index is 2.04. The fourth-order valence-electron chi connectivity index (χ4n) is 4.72. The van der Waals surface area contributed by atoms with E-state index in [2.05, 4.69) is 13.0 Å². The Labute approximate surface area is 221 Å². The molecule has 2 aliphatic rings. The second kappa shape index (κ2) is 14.8. The molecule has 0 bridgehead atoms. The smallest absolute Gasteiger partial charge is 0.309 e. The van der Waals surface area contributed by atoms with Crippen LogP contribution in [0, 0.1) is 17.8 Å². The monoisotopic (exact) mass is 522 g/mol. The number of ether oxygens (including phenoxy) is 3. The number of esters is 2. The highest BCUT2D eigenvalue weighted by Crippen LogP contribution is 2.36. The van der Waals surface area contributed by atoms with Crippen molar-refractivity contribution in [3.63, 3.8) is 0 Å². The Morgan fingerprint density at radius 2 is 1.97 bits per heavy atom. The molecule has 3 N–H and O–H groups in total. The number of rotatable bonds is 9. The predicted molar refractivity (Wildman–Crippen MR) is 140 cm³/mol. The predicted octanol–water partition coefficient (Wildman–Crippen LogP) is 3.63. The lowest BCUT2D eigenvalue weighted by molar-refractivity contribution is -0.150. The van der Waals surface area contributed by atoms with Crippen LogP contribution in [0.4, 0.5) is 0 Å². The molecular formula is C29H46O8. The summed E-state index contributed by atoms with van der Waals surface area (Å²) >= 11 is 0. The topological polar surface area (TPSA) is 126 Å². The van der Waals surface area contributed by atoms with Crippen molar-refractivity contribution in [1.29, 1.82) is 0 Å². The van der Waals surface area contributed by atoms with E-state index in [0.29, 0.717) is 6.42 Å². The summed E-state index contributed by atoms with van der Waals surface area (Å²) < 4.78 is 16.8. The van der Waals surface area contributed by atoms with Gasteiger partial charge in [-0.05, 0) is 37.3 Å². The molecule has 210 valence electrons. The van der Waals surface area contributed by atoms with Crippen LogP contribution < -0.4 is 0 Å². The average Bonchev–Trinajstić information content (AvgIpc) is 3.58. The number of carbonyl (C=O) groups excluding carboxylic acids is 2. The van der Waals surface area contributed by atoms with E-state index in [1.54, 1.807) is 19.1 Å². The highest BCUT2D eigenvalue weighted by molar-refractivity contribution is 5.70. The number of carbonyl (C=O) groups is 2. The van der Waals surface area contributed by atoms with E-state index in [1.807, 2.05) is 32.9 Å². The Bertz CT molecular complexity index is 834. The molecule has 0 aliphatic carbocycles. The molecule has 10 unspecified atom stereocenters. The maximum absolute atomic E-state index is 12.5. The molecule has 1 fully saturated rings. The zero-order valence-electron chi connectivity index (χ0n) is 23.1. The number of aliphatic hydroxyl groups is 3. The summed E-state index contributed by atoms with van der Waals surface area (Å²) in [6.07, 6.45) is 7.88. The van der Waals surface area contributed by atoms with Gasteiger partial charge < -0.3 is 29.5 Å². The van der Waals surface area contributed by atoms with Gasteiger partial charge in [-0.15, -0.1) is 0 Å². The average molecular weight is 523 g/mol. The normalized spacial score (nSPS) is 34.1. The van der Waals surface area contributed by atoms with Crippen molar-refractivity contribution < 1.29 is 39.1 Å². The fraction of sp³-hybridized carbons (Fsp3) is 0.724. The van der Waals surface area contributed by atoms with E-state index in [0.717, 1.165) is 18.4 Å². The Hall–Kier alpha value is -2.00. The van der Waals surface area contributed by atoms with Gasteiger partial charge in [-0.1, -0.05) is 52.0 Å². The third kappa shape index (κ3) is 10.3. The minimum atomic E-state index is -1.06. The van der Waals surface area contributed by atoms with Gasteiger partial charge in [-0.3, -0.25) is 9.59 Å². The van der Waals surface area contributed by atoms with Gasteiger partial charge in [0.1, 0.15) is 12.2 Å². The summed E-state index contributed by atoms with van der Waals surface area (Å²) in [6.45, 7) is 11.1. The second-order valence-corrected chi connectivity index (χ2v) is 10.7. The highest BCUT2D eigenvalue weighted by Gasteiger charge is 2.44. The standard InChI is InChI=1S/C29H46O8/c1-7-23(32)20(5)29-27(37-29)14-17(2)10-8-11-18(3)25-12-9-13-26(35-21(6)30)19(4)24(33)15-22(31)16-28(34)36-25/h8-11,13,17,19-20,22-27,29,31-33H,7,12,14-16H2,1-6H3. The lowest BCUT2D eigenvalue weighted by Gasteiger charge is -2.28. The molecule has 37 heavy (non-hydrogen) atoms. The van der Waals surface area contributed by atoms with Crippen LogP contribution in [0.5, 0.6) is 0 Å². The number of hydrogen-bond donors (Lipinski definition) is 3. The molecule has 0 aromatic heterocycles. The van der Waals surface area contributed by atoms with E-state index in [4.69, 9.17) is 14.2 Å². The van der Waals surface area contributed by atoms with Gasteiger partial charge in [-0.25, -0.2) is 0 Å². The Morgan fingerprint density at radius 3 is 2.62 bits per heavy atom. The number of allylic oxidation sites excluding steroid dienone is 3. The van der Waals surface area contributed by atoms with Crippen molar-refractivity contribution in [1.82, 2.24) is 0 Å². The molecule has 1 saturated heterocycles. The molecule has 2 heterocycles. The zero-order valence-corrected chi connectivity index (χ0v) is 23.1. The van der Waals surface area contributed by atoms with Crippen LogP contribution in [0.3, 0.4) is 0 Å². The van der Waals surface area contributed by atoms with Crippen molar-refractivity contribution >= 4 is 11.9 Å². The fourth-order valence-corrected chi connectivity index (χ4v) is 4.72. The van der Waals surface area contributed by atoms with Crippen LogP contribution in [-0.4, -0.2) is 70.0 Å². The van der Waals surface area contributed by atoms with E-state index < -0.39 is 42.3 Å². The number of epoxide rings is 1. The first-order chi connectivity index (χ1) is 17.4. The van der Waals surface area contributed by atoms with Crippen LogP contribution in [0.1, 0.15) is 73.6 Å². The first-order valence-corrected chi connectivity index (χ1v) is 13.5. The van der Waals surface area contributed by atoms with Crippen LogP contribution in [0.15, 0.2) is 36.0 Å². The Kier molecular flexibility index (Phi) is 12.5. The van der Waals surface area contributed by atoms with Crippen molar-refractivity contribution in [3.8, 4) is 0 Å². The molecule has 0 saturated carbocycles. The first kappa shape index (κ1) is 31.2. The molecule has 0 aromatic rings. The maximum Gasteiger partial charge on any atom is 0.309 e. The van der Waals surface area contributed by atoms with Crippen LogP contribution in [0.2, 0.25) is 0 Å². The largest absolute Gasteiger partial charge is 0.458 e. The molecule has 0 amide bonds. The number of hydrogen-bond acceptors (Lipinski definition) is 8. The highest BCUT2D eigenvalue weighted by atomic mass is 16.6. The van der Waals surface area contributed by atoms with E-state index >= 15 is 0 Å². The molecular weight excluding hydrogens is 476 g/mol. The summed E-state index contributed by atoms with van der Waals surface area (Å²) in [4.78, 5) is 24.0. The summed E-state index contributed by atoms with van der Waals surface area (Å²) in [6, 6.07) is 0. The van der Waals surface area contributed by atoms with Gasteiger partial charge >= 0.3 is 11.9 Å². The third-order valence-corrected chi connectivity index (χ3v) is 7.37. The zero-order chi connectivity index (χ0) is 27.7. The summed E-state index contributed by atoms with van der Waals surface area (Å²) in [5, 5.41) is 30.8. The maximum atomic E-state index is 12.5.